The minimum Gasteiger partial charge on any atom is -0.365 e. The van der Waals surface area contributed by atoms with Gasteiger partial charge < -0.3 is 9.84 Å². The molecule has 0 aromatic rings. The van der Waals surface area contributed by atoms with E-state index in [1.165, 1.54) is 36.0 Å². The summed E-state index contributed by atoms with van der Waals surface area (Å²) in [6, 6.07) is 0. The maximum Gasteiger partial charge on any atom is 0.174 e. The molecule has 1 unspecified atom stereocenters. The molecule has 2 heteroatoms. The first-order valence-electron chi connectivity index (χ1n) is 9.37. The van der Waals surface area contributed by atoms with Gasteiger partial charge in [-0.05, 0) is 70.9 Å². The molecule has 0 fully saturated rings. The van der Waals surface area contributed by atoms with Crippen molar-refractivity contribution in [3.63, 3.8) is 0 Å². The Morgan fingerprint density at radius 2 is 1.84 bits per heavy atom. The van der Waals surface area contributed by atoms with Crippen LogP contribution in [0, 0.1) is 5.41 Å². The Bertz CT molecular complexity index is 583. The summed E-state index contributed by atoms with van der Waals surface area (Å²) in [7, 11) is 0. The van der Waals surface area contributed by atoms with Gasteiger partial charge in [-0.25, -0.2) is 0 Å². The van der Waals surface area contributed by atoms with Gasteiger partial charge in [0.25, 0.3) is 0 Å². The molecule has 0 aliphatic heterocycles. The number of allylic oxidation sites excluding steroid dienone is 9. The Morgan fingerprint density at radius 3 is 2.44 bits per heavy atom. The van der Waals surface area contributed by atoms with Crippen molar-refractivity contribution in [3.8, 4) is 0 Å². The first-order valence-corrected chi connectivity index (χ1v) is 9.37. The fraction of sp³-hybridized carbons (Fsp3) is 0.565. The van der Waals surface area contributed by atoms with Crippen LogP contribution in [0.1, 0.15) is 67.7 Å². The number of hydrogen-bond donors (Lipinski definition) is 1. The van der Waals surface area contributed by atoms with Crippen molar-refractivity contribution in [1.29, 1.82) is 0 Å². The minimum absolute atomic E-state index is 0.0112. The fourth-order valence-corrected chi connectivity index (χ4v) is 3.23. The Balaban J connectivity index is 2.71. The molecule has 0 spiro atoms. The molecule has 0 amide bonds. The summed E-state index contributed by atoms with van der Waals surface area (Å²) in [6.07, 6.45) is 15.2. The predicted molar refractivity (Wildman–Crippen MR) is 108 cm³/mol. The summed E-state index contributed by atoms with van der Waals surface area (Å²) in [6.45, 7) is 14.8. The maximum atomic E-state index is 9.74. The van der Waals surface area contributed by atoms with Crippen molar-refractivity contribution >= 4 is 0 Å². The zero-order chi connectivity index (χ0) is 19.0. The van der Waals surface area contributed by atoms with Crippen LogP contribution in [0.5, 0.6) is 0 Å². The minimum atomic E-state index is -0.849. The maximum absolute atomic E-state index is 9.74. The second kappa shape index (κ2) is 9.94. The molecule has 1 aliphatic carbocycles. The van der Waals surface area contributed by atoms with Gasteiger partial charge in [-0.1, -0.05) is 60.9 Å². The largest absolute Gasteiger partial charge is 0.365 e. The van der Waals surface area contributed by atoms with E-state index in [0.29, 0.717) is 0 Å². The van der Waals surface area contributed by atoms with Gasteiger partial charge in [0.05, 0.1) is 6.10 Å². The molecule has 0 aromatic heterocycles. The molecule has 1 aliphatic rings. The lowest BCUT2D eigenvalue weighted by molar-refractivity contribution is -0.0928. The first kappa shape index (κ1) is 21.7. The van der Waals surface area contributed by atoms with E-state index in [4.69, 9.17) is 4.74 Å². The first-order chi connectivity index (χ1) is 11.6. The number of rotatable bonds is 7. The van der Waals surface area contributed by atoms with Crippen LogP contribution in [-0.4, -0.2) is 17.5 Å². The van der Waals surface area contributed by atoms with Crippen molar-refractivity contribution in [2.24, 2.45) is 5.41 Å². The van der Waals surface area contributed by atoms with Gasteiger partial charge >= 0.3 is 0 Å². The van der Waals surface area contributed by atoms with E-state index in [2.05, 4.69) is 45.9 Å². The summed E-state index contributed by atoms with van der Waals surface area (Å²) in [4.78, 5) is 0. The summed E-state index contributed by atoms with van der Waals surface area (Å²) in [5, 5.41) is 9.74. The molecule has 1 N–H and O–H groups in total. The lowest BCUT2D eigenvalue weighted by Crippen LogP contribution is -2.19. The van der Waals surface area contributed by atoms with Gasteiger partial charge in [0.2, 0.25) is 0 Å². The van der Waals surface area contributed by atoms with E-state index in [9.17, 15) is 5.11 Å². The van der Waals surface area contributed by atoms with Crippen LogP contribution in [0.15, 0.2) is 58.7 Å². The molecule has 1 atom stereocenters. The lowest BCUT2D eigenvalue weighted by Gasteiger charge is -2.32. The van der Waals surface area contributed by atoms with Crippen LogP contribution >= 0.6 is 0 Å². The second-order valence-electron chi connectivity index (χ2n) is 8.02. The van der Waals surface area contributed by atoms with Crippen molar-refractivity contribution in [3.05, 3.63) is 58.7 Å². The van der Waals surface area contributed by atoms with Gasteiger partial charge in [-0.3, -0.25) is 0 Å². The quantitative estimate of drug-likeness (QED) is 0.436. The van der Waals surface area contributed by atoms with Gasteiger partial charge in [0.15, 0.2) is 6.29 Å². The highest BCUT2D eigenvalue weighted by Crippen LogP contribution is 2.40. The van der Waals surface area contributed by atoms with Crippen molar-refractivity contribution < 1.29 is 9.84 Å². The zero-order valence-electron chi connectivity index (χ0n) is 17.1. The molecule has 0 radical (unpaired) electrons. The summed E-state index contributed by atoms with van der Waals surface area (Å²) < 4.78 is 5.30. The standard InChI is InChI=1S/C23H36O2/c1-17(2)25-22(24)16-19(4)11-8-10-18(3)13-14-21-20(5)12-9-15-23(21,6)7/h8,10-11,13-14,16-17,22,24H,9,12,15H2,1-7H3/b11-8+,14-13-,18-10-,19-16-. The van der Waals surface area contributed by atoms with Crippen LogP contribution in [0.4, 0.5) is 0 Å². The highest BCUT2D eigenvalue weighted by molar-refractivity contribution is 5.37. The number of aliphatic hydroxyl groups excluding tert-OH is 1. The summed E-state index contributed by atoms with van der Waals surface area (Å²) >= 11 is 0. The zero-order valence-corrected chi connectivity index (χ0v) is 17.1. The van der Waals surface area contributed by atoms with Gasteiger partial charge in [0.1, 0.15) is 0 Å². The molecule has 0 saturated heterocycles. The smallest absolute Gasteiger partial charge is 0.174 e. The SMILES string of the molecule is CC1=C(\C=C/C(C)=C\C=C\C(C)=C/C(O)OC(C)C)C(C)(C)CCC1. The third-order valence-corrected chi connectivity index (χ3v) is 4.59. The second-order valence-corrected chi connectivity index (χ2v) is 8.02. The third kappa shape index (κ3) is 8.02. The van der Waals surface area contributed by atoms with Crippen LogP contribution in [-0.2, 0) is 4.74 Å². The Morgan fingerprint density at radius 1 is 1.16 bits per heavy atom. The summed E-state index contributed by atoms with van der Waals surface area (Å²) in [5.74, 6) is 0. The molecule has 1 rings (SSSR count). The average Bonchev–Trinajstić information content (AvgIpc) is 2.44. The molecule has 0 saturated carbocycles. The van der Waals surface area contributed by atoms with Gasteiger partial charge in [-0.2, -0.15) is 0 Å². The van der Waals surface area contributed by atoms with Gasteiger partial charge in [-0.15, -0.1) is 0 Å². The average molecular weight is 345 g/mol. The van der Waals surface area contributed by atoms with Crippen LogP contribution in [0.3, 0.4) is 0 Å². The predicted octanol–water partition coefficient (Wildman–Crippen LogP) is 6.26. The fourth-order valence-electron chi connectivity index (χ4n) is 3.23. The van der Waals surface area contributed by atoms with E-state index in [0.717, 1.165) is 5.57 Å². The van der Waals surface area contributed by atoms with E-state index in [1.54, 1.807) is 6.08 Å². The highest BCUT2D eigenvalue weighted by atomic mass is 16.6. The van der Waals surface area contributed by atoms with E-state index in [1.807, 2.05) is 32.9 Å². The molecule has 25 heavy (non-hydrogen) atoms. The molecule has 2 nitrogen and oxygen atoms in total. The molecule has 0 bridgehead atoms. The van der Waals surface area contributed by atoms with E-state index in [-0.39, 0.29) is 11.5 Å². The summed E-state index contributed by atoms with van der Waals surface area (Å²) in [5.41, 5.74) is 5.48. The van der Waals surface area contributed by atoms with E-state index >= 15 is 0 Å². The van der Waals surface area contributed by atoms with Crippen molar-refractivity contribution in [1.82, 2.24) is 0 Å². The Kier molecular flexibility index (Phi) is 8.61. The topological polar surface area (TPSA) is 29.5 Å². The monoisotopic (exact) mass is 344 g/mol. The van der Waals surface area contributed by atoms with E-state index < -0.39 is 6.29 Å². The number of hydrogen-bond acceptors (Lipinski definition) is 2. The molecular formula is C23H36O2. The molecule has 140 valence electrons. The van der Waals surface area contributed by atoms with Crippen LogP contribution in [0.25, 0.3) is 0 Å². The van der Waals surface area contributed by atoms with Gasteiger partial charge in [0, 0.05) is 0 Å². The van der Waals surface area contributed by atoms with Crippen molar-refractivity contribution in [2.45, 2.75) is 80.1 Å². The number of aliphatic hydroxyl groups is 1. The van der Waals surface area contributed by atoms with Crippen LogP contribution < -0.4 is 0 Å². The molecule has 0 heterocycles. The van der Waals surface area contributed by atoms with Crippen molar-refractivity contribution in [2.75, 3.05) is 0 Å². The Labute approximate surface area is 154 Å². The Hall–Kier alpha value is -1.38. The third-order valence-electron chi connectivity index (χ3n) is 4.59. The lowest BCUT2D eigenvalue weighted by atomic mass is 9.72. The molecule has 0 aromatic carbocycles. The number of ether oxygens (including phenoxy) is 1. The van der Waals surface area contributed by atoms with Crippen LogP contribution in [0.2, 0.25) is 0 Å². The molecular weight excluding hydrogens is 308 g/mol. The highest BCUT2D eigenvalue weighted by Gasteiger charge is 2.26. The normalized spacial score (nSPS) is 21.0.